The Morgan fingerprint density at radius 2 is 2.18 bits per heavy atom. The van der Waals surface area contributed by atoms with E-state index in [0.29, 0.717) is 19.4 Å². The predicted molar refractivity (Wildman–Crippen MR) is 59.5 cm³/mol. The first kappa shape index (κ1) is 11.9. The summed E-state index contributed by atoms with van der Waals surface area (Å²) in [4.78, 5) is 10.7. The van der Waals surface area contributed by atoms with Crippen molar-refractivity contribution in [2.45, 2.75) is 25.0 Å². The highest BCUT2D eigenvalue weighted by Gasteiger charge is 2.26. The molecular weight excluding hydrogens is 225 g/mol. The average molecular weight is 239 g/mol. The molecule has 4 nitrogen and oxygen atoms in total. The highest BCUT2D eigenvalue weighted by atomic mass is 19.1. The lowest BCUT2D eigenvalue weighted by Crippen LogP contribution is -2.47. The van der Waals surface area contributed by atoms with Gasteiger partial charge in [0.15, 0.2) is 11.6 Å². The van der Waals surface area contributed by atoms with Crippen molar-refractivity contribution in [3.63, 3.8) is 0 Å². The third kappa shape index (κ3) is 2.94. The van der Waals surface area contributed by atoms with Crippen molar-refractivity contribution in [3.8, 4) is 5.75 Å². The molecule has 0 amide bonds. The molecule has 0 saturated carbocycles. The number of nitrogens with one attached hydrogen (secondary N) is 1. The fourth-order valence-electron chi connectivity index (χ4n) is 1.86. The molecule has 2 N–H and O–H groups in total. The molecule has 92 valence electrons. The molecule has 0 radical (unpaired) electrons. The molecule has 5 heteroatoms. The number of carbonyl (C=O) groups is 1. The molecule has 1 heterocycles. The van der Waals surface area contributed by atoms with Crippen LogP contribution in [0.5, 0.6) is 5.75 Å². The maximum atomic E-state index is 13.3. The smallest absolute Gasteiger partial charge is 0.320 e. The number of carboxylic acid groups (broad SMARTS) is 1. The second-order valence-corrected chi connectivity index (χ2v) is 4.05. The van der Waals surface area contributed by atoms with Gasteiger partial charge in [0.05, 0.1) is 0 Å². The van der Waals surface area contributed by atoms with Crippen LogP contribution in [0.1, 0.15) is 12.8 Å². The van der Waals surface area contributed by atoms with Gasteiger partial charge < -0.3 is 15.2 Å². The van der Waals surface area contributed by atoms with E-state index in [1.165, 1.54) is 6.07 Å². The lowest BCUT2D eigenvalue weighted by atomic mass is 10.0. The maximum absolute atomic E-state index is 13.3. The largest absolute Gasteiger partial charge is 0.486 e. The second-order valence-electron chi connectivity index (χ2n) is 4.05. The number of aliphatic carboxylic acids is 1. The zero-order chi connectivity index (χ0) is 12.3. The quantitative estimate of drug-likeness (QED) is 0.837. The van der Waals surface area contributed by atoms with E-state index in [9.17, 15) is 9.18 Å². The van der Waals surface area contributed by atoms with Crippen molar-refractivity contribution >= 4 is 5.97 Å². The number of hydrogen-bond acceptors (Lipinski definition) is 3. The summed E-state index contributed by atoms with van der Waals surface area (Å²) >= 11 is 0. The van der Waals surface area contributed by atoms with Gasteiger partial charge in [0.25, 0.3) is 0 Å². The highest BCUT2D eigenvalue weighted by molar-refractivity contribution is 5.73. The number of halogens is 1. The van der Waals surface area contributed by atoms with Crippen LogP contribution >= 0.6 is 0 Å². The molecule has 0 spiro atoms. The molecule has 1 saturated heterocycles. The van der Waals surface area contributed by atoms with Crippen molar-refractivity contribution < 1.29 is 19.0 Å². The first-order valence-corrected chi connectivity index (χ1v) is 5.54. The third-order valence-electron chi connectivity index (χ3n) is 2.80. The summed E-state index contributed by atoms with van der Waals surface area (Å²) in [5.41, 5.74) is 0. The fourth-order valence-corrected chi connectivity index (χ4v) is 1.86. The first-order chi connectivity index (χ1) is 8.16. The average Bonchev–Trinajstić information content (AvgIpc) is 2.33. The Morgan fingerprint density at radius 3 is 2.76 bits per heavy atom. The summed E-state index contributed by atoms with van der Waals surface area (Å²) in [5.74, 6) is -1.03. The Morgan fingerprint density at radius 1 is 1.41 bits per heavy atom. The third-order valence-corrected chi connectivity index (χ3v) is 2.80. The van der Waals surface area contributed by atoms with E-state index in [1.54, 1.807) is 18.2 Å². The SMILES string of the molecule is O=C(O)C1CCC(Oc2ccccc2F)CN1. The molecule has 1 aliphatic rings. The lowest BCUT2D eigenvalue weighted by Gasteiger charge is -2.28. The second kappa shape index (κ2) is 5.14. The Kier molecular flexibility index (Phi) is 3.58. The molecule has 1 aliphatic heterocycles. The van der Waals surface area contributed by atoms with Gasteiger partial charge in [0, 0.05) is 6.54 Å². The summed E-state index contributed by atoms with van der Waals surface area (Å²) < 4.78 is 18.8. The molecular formula is C12H14FNO3. The summed E-state index contributed by atoms with van der Waals surface area (Å²) in [7, 11) is 0. The van der Waals surface area contributed by atoms with Crippen LogP contribution in [-0.2, 0) is 4.79 Å². The Bertz CT molecular complexity index is 402. The van der Waals surface area contributed by atoms with Crippen LogP contribution in [0.15, 0.2) is 24.3 Å². The van der Waals surface area contributed by atoms with Gasteiger partial charge >= 0.3 is 5.97 Å². The van der Waals surface area contributed by atoms with E-state index in [1.807, 2.05) is 0 Å². The molecule has 17 heavy (non-hydrogen) atoms. The zero-order valence-electron chi connectivity index (χ0n) is 9.23. The number of ether oxygens (including phenoxy) is 1. The van der Waals surface area contributed by atoms with Crippen molar-refractivity contribution in [2.24, 2.45) is 0 Å². The van der Waals surface area contributed by atoms with Crippen LogP contribution in [0, 0.1) is 5.82 Å². The van der Waals surface area contributed by atoms with Crippen molar-refractivity contribution in [2.75, 3.05) is 6.54 Å². The number of piperidine rings is 1. The van der Waals surface area contributed by atoms with Crippen LogP contribution in [0.25, 0.3) is 0 Å². The van der Waals surface area contributed by atoms with E-state index >= 15 is 0 Å². The van der Waals surface area contributed by atoms with Crippen LogP contribution in [-0.4, -0.2) is 29.8 Å². The zero-order valence-corrected chi connectivity index (χ0v) is 9.23. The summed E-state index contributed by atoms with van der Waals surface area (Å²) in [6.45, 7) is 0.422. The van der Waals surface area contributed by atoms with Crippen molar-refractivity contribution in [3.05, 3.63) is 30.1 Å². The van der Waals surface area contributed by atoms with Gasteiger partial charge in [0.1, 0.15) is 12.1 Å². The topological polar surface area (TPSA) is 58.6 Å². The van der Waals surface area contributed by atoms with Gasteiger partial charge in [-0.05, 0) is 25.0 Å². The Balaban J connectivity index is 1.90. The minimum atomic E-state index is -0.852. The standard InChI is InChI=1S/C12H14FNO3/c13-9-3-1-2-4-11(9)17-8-5-6-10(12(15)16)14-7-8/h1-4,8,10,14H,5-7H2,(H,15,16). The molecule has 0 aliphatic carbocycles. The monoisotopic (exact) mass is 239 g/mol. The molecule has 2 unspecified atom stereocenters. The van der Waals surface area contributed by atoms with Crippen molar-refractivity contribution in [1.29, 1.82) is 0 Å². The number of para-hydroxylation sites is 1. The lowest BCUT2D eigenvalue weighted by molar-refractivity contribution is -0.140. The molecule has 2 atom stereocenters. The van der Waals surface area contributed by atoms with Crippen molar-refractivity contribution in [1.82, 2.24) is 5.32 Å². The molecule has 0 bridgehead atoms. The van der Waals surface area contributed by atoms with Gasteiger partial charge in [0.2, 0.25) is 0 Å². The summed E-state index contributed by atoms with van der Waals surface area (Å²) in [5, 5.41) is 11.7. The number of hydrogen-bond donors (Lipinski definition) is 2. The number of benzene rings is 1. The number of rotatable bonds is 3. The first-order valence-electron chi connectivity index (χ1n) is 5.54. The normalized spacial score (nSPS) is 24.3. The van der Waals surface area contributed by atoms with Crippen LogP contribution < -0.4 is 10.1 Å². The molecule has 0 aromatic heterocycles. The van der Waals surface area contributed by atoms with E-state index in [0.717, 1.165) is 0 Å². The minimum Gasteiger partial charge on any atom is -0.486 e. The van der Waals surface area contributed by atoms with Gasteiger partial charge in [-0.15, -0.1) is 0 Å². The van der Waals surface area contributed by atoms with Crippen LogP contribution in [0.2, 0.25) is 0 Å². The summed E-state index contributed by atoms with van der Waals surface area (Å²) in [6, 6.07) is 5.69. The van der Waals surface area contributed by atoms with Crippen LogP contribution in [0.4, 0.5) is 4.39 Å². The van der Waals surface area contributed by atoms with E-state index in [-0.39, 0.29) is 11.9 Å². The van der Waals surface area contributed by atoms with E-state index in [2.05, 4.69) is 5.32 Å². The molecule has 1 aromatic carbocycles. The maximum Gasteiger partial charge on any atom is 0.320 e. The van der Waals surface area contributed by atoms with Gasteiger partial charge in [-0.3, -0.25) is 4.79 Å². The fraction of sp³-hybridized carbons (Fsp3) is 0.417. The van der Waals surface area contributed by atoms with E-state index in [4.69, 9.17) is 9.84 Å². The Labute approximate surface area is 98.4 Å². The highest BCUT2D eigenvalue weighted by Crippen LogP contribution is 2.20. The molecule has 1 aromatic rings. The van der Waals surface area contributed by atoms with Gasteiger partial charge in [-0.1, -0.05) is 12.1 Å². The molecule has 2 rings (SSSR count). The van der Waals surface area contributed by atoms with E-state index < -0.39 is 17.8 Å². The van der Waals surface area contributed by atoms with Crippen LogP contribution in [0.3, 0.4) is 0 Å². The molecule has 1 fully saturated rings. The number of carboxylic acids is 1. The minimum absolute atomic E-state index is 0.178. The predicted octanol–water partition coefficient (Wildman–Crippen LogP) is 1.41. The summed E-state index contributed by atoms with van der Waals surface area (Å²) in [6.07, 6.45) is 0.926. The van der Waals surface area contributed by atoms with Gasteiger partial charge in [-0.2, -0.15) is 0 Å². The van der Waals surface area contributed by atoms with Gasteiger partial charge in [-0.25, -0.2) is 4.39 Å². The Hall–Kier alpha value is -1.62.